The summed E-state index contributed by atoms with van der Waals surface area (Å²) < 4.78 is 10.7. The summed E-state index contributed by atoms with van der Waals surface area (Å²) in [5.41, 5.74) is 4.13. The Balaban J connectivity index is 1.74. The number of nitrogens with one attached hydrogen (secondary N) is 1. The Labute approximate surface area is 180 Å². The van der Waals surface area contributed by atoms with Crippen LogP contribution in [-0.2, 0) is 4.74 Å². The number of ether oxygens (including phenoxy) is 2. The predicted molar refractivity (Wildman–Crippen MR) is 116 cm³/mol. The van der Waals surface area contributed by atoms with Crippen LogP contribution in [0.15, 0.2) is 48.5 Å². The molecule has 2 heterocycles. The molecule has 1 aliphatic rings. The van der Waals surface area contributed by atoms with Gasteiger partial charge in [-0.25, -0.2) is 0 Å². The number of H-pyrrole nitrogens is 1. The van der Waals surface area contributed by atoms with Crippen molar-refractivity contribution in [1.82, 2.24) is 15.1 Å². The van der Waals surface area contributed by atoms with Gasteiger partial charge in [0.2, 0.25) is 0 Å². The van der Waals surface area contributed by atoms with Crippen molar-refractivity contribution in [1.29, 1.82) is 0 Å². The molecule has 0 saturated heterocycles. The van der Waals surface area contributed by atoms with E-state index in [2.05, 4.69) is 10.2 Å². The Hall–Kier alpha value is -2.83. The monoisotopic (exact) mass is 425 g/mol. The summed E-state index contributed by atoms with van der Waals surface area (Å²) >= 11 is 6.11. The fraction of sp³-hybridized carbons (Fsp3) is 0.304. The normalized spacial score (nSPS) is 15.5. The molecule has 2 aromatic carbocycles. The number of aromatic nitrogens is 2. The van der Waals surface area contributed by atoms with Crippen molar-refractivity contribution in [2.24, 2.45) is 0 Å². The number of halogens is 1. The van der Waals surface area contributed by atoms with E-state index in [4.69, 9.17) is 21.1 Å². The summed E-state index contributed by atoms with van der Waals surface area (Å²) in [6.07, 6.45) is 0.763. The van der Waals surface area contributed by atoms with E-state index in [-0.39, 0.29) is 11.9 Å². The number of nitrogens with zero attached hydrogens (tertiary/aromatic N) is 2. The van der Waals surface area contributed by atoms with Crippen molar-refractivity contribution < 1.29 is 14.3 Å². The molecule has 1 N–H and O–H groups in total. The van der Waals surface area contributed by atoms with E-state index in [9.17, 15) is 4.79 Å². The molecular formula is C23H24ClN3O3. The maximum Gasteiger partial charge on any atom is 0.273 e. The van der Waals surface area contributed by atoms with E-state index < -0.39 is 0 Å². The summed E-state index contributed by atoms with van der Waals surface area (Å²) in [5, 5.41) is 8.12. The fourth-order valence-corrected chi connectivity index (χ4v) is 4.00. The third kappa shape index (κ3) is 3.80. The molecule has 1 aromatic heterocycles. The Bertz CT molecular complexity index is 1020. The molecule has 4 rings (SSSR count). The molecule has 0 saturated carbocycles. The summed E-state index contributed by atoms with van der Waals surface area (Å²) in [4.78, 5) is 15.1. The Morgan fingerprint density at radius 1 is 1.13 bits per heavy atom. The number of fused-ring (bicyclic) bond motifs is 1. The largest absolute Gasteiger partial charge is 0.497 e. The molecule has 0 aliphatic carbocycles. The van der Waals surface area contributed by atoms with Crippen LogP contribution < -0.4 is 4.74 Å². The van der Waals surface area contributed by atoms with E-state index in [1.807, 2.05) is 60.4 Å². The third-order valence-electron chi connectivity index (χ3n) is 5.30. The number of amides is 1. The average molecular weight is 426 g/mol. The predicted octanol–water partition coefficient (Wildman–Crippen LogP) is 4.71. The van der Waals surface area contributed by atoms with E-state index in [1.165, 1.54) is 0 Å². The number of benzene rings is 2. The minimum atomic E-state index is -0.234. The number of hydrogen-bond donors (Lipinski definition) is 1. The summed E-state index contributed by atoms with van der Waals surface area (Å²) in [6.45, 7) is 3.84. The number of rotatable bonds is 8. The molecule has 7 heteroatoms. The molecule has 1 atom stereocenters. The molecule has 0 radical (unpaired) electrons. The number of carbonyl (C=O) groups is 1. The lowest BCUT2D eigenvalue weighted by molar-refractivity contribution is 0.0710. The molecule has 1 amide bonds. The second-order valence-electron chi connectivity index (χ2n) is 7.09. The Morgan fingerprint density at radius 3 is 2.53 bits per heavy atom. The maximum absolute atomic E-state index is 13.2. The highest BCUT2D eigenvalue weighted by molar-refractivity contribution is 6.30. The van der Waals surface area contributed by atoms with Gasteiger partial charge in [-0.1, -0.05) is 23.7 Å². The zero-order chi connectivity index (χ0) is 21.1. The van der Waals surface area contributed by atoms with Crippen LogP contribution in [0.1, 0.15) is 41.0 Å². The van der Waals surface area contributed by atoms with Crippen molar-refractivity contribution in [2.75, 3.05) is 26.9 Å². The van der Waals surface area contributed by atoms with Crippen LogP contribution in [0.5, 0.6) is 5.75 Å². The molecule has 30 heavy (non-hydrogen) atoms. The zero-order valence-corrected chi connectivity index (χ0v) is 17.8. The number of carbonyl (C=O) groups excluding carboxylic acids is 1. The standard InChI is InChI=1S/C23H24ClN3O3/c1-3-30-14-4-13-27-22(16-5-9-17(24)10-6-16)19-20(25-26-21(19)23(27)28)15-7-11-18(29-2)12-8-15/h5-12,22H,3-4,13-14H2,1-2H3,(H,25,26). The first-order chi connectivity index (χ1) is 14.6. The Morgan fingerprint density at radius 2 is 1.87 bits per heavy atom. The minimum Gasteiger partial charge on any atom is -0.497 e. The summed E-state index contributed by atoms with van der Waals surface area (Å²) in [5.74, 6) is 0.725. The summed E-state index contributed by atoms with van der Waals surface area (Å²) in [6, 6.07) is 15.1. The van der Waals surface area contributed by atoms with Crippen molar-refractivity contribution in [3.05, 3.63) is 70.4 Å². The van der Waals surface area contributed by atoms with Gasteiger partial charge in [0, 0.05) is 35.9 Å². The van der Waals surface area contributed by atoms with Gasteiger partial charge in [0.05, 0.1) is 18.8 Å². The highest BCUT2D eigenvalue weighted by Gasteiger charge is 2.41. The Kier molecular flexibility index (Phi) is 6.06. The van der Waals surface area contributed by atoms with Crippen LogP contribution in [0.25, 0.3) is 11.3 Å². The van der Waals surface area contributed by atoms with Crippen LogP contribution in [0.2, 0.25) is 5.02 Å². The highest BCUT2D eigenvalue weighted by atomic mass is 35.5. The van der Waals surface area contributed by atoms with Crippen LogP contribution in [0, 0.1) is 0 Å². The van der Waals surface area contributed by atoms with Gasteiger partial charge in [-0.15, -0.1) is 0 Å². The SMILES string of the molecule is CCOCCCN1C(=O)c2[nH]nc(-c3ccc(OC)cc3)c2C1c1ccc(Cl)cc1. The van der Waals surface area contributed by atoms with E-state index in [1.54, 1.807) is 7.11 Å². The van der Waals surface area contributed by atoms with Gasteiger partial charge in [-0.2, -0.15) is 5.10 Å². The maximum atomic E-state index is 13.2. The van der Waals surface area contributed by atoms with E-state index in [0.29, 0.717) is 30.5 Å². The second-order valence-corrected chi connectivity index (χ2v) is 7.53. The quantitative estimate of drug-likeness (QED) is 0.531. The highest BCUT2D eigenvalue weighted by Crippen LogP contribution is 2.43. The van der Waals surface area contributed by atoms with E-state index in [0.717, 1.165) is 34.6 Å². The smallest absolute Gasteiger partial charge is 0.273 e. The molecule has 0 bridgehead atoms. The molecule has 1 unspecified atom stereocenters. The van der Waals surface area contributed by atoms with Crippen LogP contribution in [-0.4, -0.2) is 47.9 Å². The van der Waals surface area contributed by atoms with Crippen molar-refractivity contribution in [3.8, 4) is 17.0 Å². The lowest BCUT2D eigenvalue weighted by atomic mass is 9.96. The first kappa shape index (κ1) is 20.4. The molecule has 6 nitrogen and oxygen atoms in total. The fourth-order valence-electron chi connectivity index (χ4n) is 3.87. The van der Waals surface area contributed by atoms with Crippen LogP contribution in [0.4, 0.5) is 0 Å². The number of methoxy groups -OCH3 is 1. The molecule has 0 fully saturated rings. The summed E-state index contributed by atoms with van der Waals surface area (Å²) in [7, 11) is 1.64. The van der Waals surface area contributed by atoms with Crippen LogP contribution in [0.3, 0.4) is 0 Å². The molecule has 0 spiro atoms. The van der Waals surface area contributed by atoms with Gasteiger partial charge in [0.1, 0.15) is 11.4 Å². The van der Waals surface area contributed by atoms with Gasteiger partial charge >= 0.3 is 0 Å². The number of aromatic amines is 1. The molecule has 1 aliphatic heterocycles. The first-order valence-electron chi connectivity index (χ1n) is 10.0. The van der Waals surface area contributed by atoms with Crippen molar-refractivity contribution in [2.45, 2.75) is 19.4 Å². The first-order valence-corrected chi connectivity index (χ1v) is 10.4. The van der Waals surface area contributed by atoms with Crippen LogP contribution >= 0.6 is 11.6 Å². The average Bonchev–Trinajstić information content (AvgIpc) is 3.31. The molecule has 156 valence electrons. The van der Waals surface area contributed by atoms with Crippen molar-refractivity contribution in [3.63, 3.8) is 0 Å². The minimum absolute atomic E-state index is 0.0475. The topological polar surface area (TPSA) is 67.5 Å². The molecule has 3 aromatic rings. The van der Waals surface area contributed by atoms with E-state index >= 15 is 0 Å². The lowest BCUT2D eigenvalue weighted by Crippen LogP contribution is -2.31. The zero-order valence-electron chi connectivity index (χ0n) is 17.0. The van der Waals surface area contributed by atoms with Gasteiger partial charge in [-0.05, 0) is 55.3 Å². The third-order valence-corrected chi connectivity index (χ3v) is 5.56. The van der Waals surface area contributed by atoms with Crippen molar-refractivity contribution >= 4 is 17.5 Å². The van der Waals surface area contributed by atoms with Gasteiger partial charge < -0.3 is 14.4 Å². The number of hydrogen-bond acceptors (Lipinski definition) is 4. The van der Waals surface area contributed by atoms with Gasteiger partial charge in [-0.3, -0.25) is 9.89 Å². The van der Waals surface area contributed by atoms with Gasteiger partial charge in [0.15, 0.2) is 0 Å². The molecular weight excluding hydrogens is 402 g/mol. The van der Waals surface area contributed by atoms with Gasteiger partial charge in [0.25, 0.3) is 5.91 Å². The second kappa shape index (κ2) is 8.90. The lowest BCUT2D eigenvalue weighted by Gasteiger charge is -2.26.